The van der Waals surface area contributed by atoms with Crippen LogP contribution in [0.1, 0.15) is 18.4 Å². The second kappa shape index (κ2) is 6.62. The summed E-state index contributed by atoms with van der Waals surface area (Å²) in [5, 5.41) is 11.6. The molecule has 0 aliphatic rings. The Labute approximate surface area is 118 Å². The number of fused-ring (bicyclic) bond motifs is 1. The van der Waals surface area contributed by atoms with Gasteiger partial charge in [-0.3, -0.25) is 4.79 Å². The third kappa shape index (κ3) is 3.51. The zero-order valence-corrected chi connectivity index (χ0v) is 11.6. The molecule has 0 amide bonds. The molecule has 0 fully saturated rings. The molecule has 0 aromatic heterocycles. The van der Waals surface area contributed by atoms with E-state index in [1.807, 2.05) is 24.3 Å². The van der Waals surface area contributed by atoms with E-state index in [9.17, 15) is 9.90 Å². The highest BCUT2D eigenvalue weighted by Crippen LogP contribution is 2.23. The van der Waals surface area contributed by atoms with E-state index in [1.54, 1.807) is 0 Å². The molecular formula is C16H18O2S. The molecule has 0 bridgehead atoms. The molecule has 2 aromatic rings. The number of thiol groups is 1. The Morgan fingerprint density at radius 2 is 1.89 bits per heavy atom. The molecule has 19 heavy (non-hydrogen) atoms. The average Bonchev–Trinajstić information content (AvgIpc) is 2.43. The summed E-state index contributed by atoms with van der Waals surface area (Å²) in [6, 6.07) is 14.2. The number of aliphatic carboxylic acids is 1. The summed E-state index contributed by atoms with van der Waals surface area (Å²) in [5.41, 5.74) is 1.12. The van der Waals surface area contributed by atoms with E-state index in [0.717, 1.165) is 23.1 Å². The van der Waals surface area contributed by atoms with Crippen LogP contribution in [-0.2, 0) is 11.2 Å². The number of benzene rings is 2. The predicted octanol–water partition coefficient (Wildman–Crippen LogP) is 3.79. The Morgan fingerprint density at radius 1 is 1.16 bits per heavy atom. The molecule has 0 spiro atoms. The first-order valence-corrected chi connectivity index (χ1v) is 7.16. The number of carbonyl (C=O) groups is 1. The lowest BCUT2D eigenvalue weighted by atomic mass is 9.92. The van der Waals surface area contributed by atoms with Gasteiger partial charge in [0.15, 0.2) is 0 Å². The van der Waals surface area contributed by atoms with Gasteiger partial charge in [0.2, 0.25) is 0 Å². The summed E-state index contributed by atoms with van der Waals surface area (Å²) in [6.45, 7) is 0. The van der Waals surface area contributed by atoms with E-state index in [2.05, 4.69) is 30.8 Å². The molecule has 3 heteroatoms. The Bertz CT molecular complexity index is 560. The number of hydrogen-bond acceptors (Lipinski definition) is 2. The van der Waals surface area contributed by atoms with Crippen molar-refractivity contribution in [2.75, 3.05) is 5.75 Å². The van der Waals surface area contributed by atoms with E-state index in [0.29, 0.717) is 12.8 Å². The van der Waals surface area contributed by atoms with E-state index < -0.39 is 5.97 Å². The maximum atomic E-state index is 11.3. The second-order valence-corrected chi connectivity index (χ2v) is 5.19. The summed E-state index contributed by atoms with van der Waals surface area (Å²) in [4.78, 5) is 11.3. The van der Waals surface area contributed by atoms with Crippen molar-refractivity contribution in [2.24, 2.45) is 5.92 Å². The molecule has 0 saturated heterocycles. The molecule has 0 aliphatic carbocycles. The Kier molecular flexibility index (Phi) is 4.86. The monoisotopic (exact) mass is 274 g/mol. The Hall–Kier alpha value is -1.48. The summed E-state index contributed by atoms with van der Waals surface area (Å²) >= 11 is 4.16. The normalized spacial score (nSPS) is 12.5. The van der Waals surface area contributed by atoms with Crippen molar-refractivity contribution in [3.8, 4) is 0 Å². The first-order chi connectivity index (χ1) is 9.22. The van der Waals surface area contributed by atoms with E-state index >= 15 is 0 Å². The van der Waals surface area contributed by atoms with E-state index in [4.69, 9.17) is 0 Å². The fraction of sp³-hybridized carbons (Fsp3) is 0.312. The molecule has 1 N–H and O–H groups in total. The zero-order chi connectivity index (χ0) is 13.7. The van der Waals surface area contributed by atoms with Crippen molar-refractivity contribution in [2.45, 2.75) is 19.3 Å². The second-order valence-electron chi connectivity index (χ2n) is 4.74. The van der Waals surface area contributed by atoms with Crippen LogP contribution < -0.4 is 0 Å². The van der Waals surface area contributed by atoms with E-state index in [1.165, 1.54) is 5.39 Å². The van der Waals surface area contributed by atoms with Gasteiger partial charge in [0.25, 0.3) is 0 Å². The predicted molar refractivity (Wildman–Crippen MR) is 81.9 cm³/mol. The highest BCUT2D eigenvalue weighted by atomic mass is 32.1. The van der Waals surface area contributed by atoms with Gasteiger partial charge in [0.05, 0.1) is 5.92 Å². The van der Waals surface area contributed by atoms with Crippen LogP contribution >= 0.6 is 12.6 Å². The molecule has 0 saturated carbocycles. The first-order valence-electron chi connectivity index (χ1n) is 6.52. The highest BCUT2D eigenvalue weighted by Gasteiger charge is 2.18. The summed E-state index contributed by atoms with van der Waals surface area (Å²) in [7, 11) is 0. The van der Waals surface area contributed by atoms with Gasteiger partial charge < -0.3 is 5.11 Å². The maximum absolute atomic E-state index is 11.3. The van der Waals surface area contributed by atoms with Crippen LogP contribution in [0.4, 0.5) is 0 Å². The molecule has 2 aromatic carbocycles. The number of carboxylic acid groups (broad SMARTS) is 1. The van der Waals surface area contributed by atoms with Crippen molar-refractivity contribution < 1.29 is 9.90 Å². The lowest BCUT2D eigenvalue weighted by Gasteiger charge is -2.13. The van der Waals surface area contributed by atoms with Gasteiger partial charge in [-0.2, -0.15) is 12.6 Å². The third-order valence-electron chi connectivity index (χ3n) is 3.41. The topological polar surface area (TPSA) is 37.3 Å². The lowest BCUT2D eigenvalue weighted by Crippen LogP contribution is -2.16. The molecule has 2 nitrogen and oxygen atoms in total. The minimum atomic E-state index is -0.713. The van der Waals surface area contributed by atoms with Crippen molar-refractivity contribution in [1.82, 2.24) is 0 Å². The van der Waals surface area contributed by atoms with Crippen LogP contribution in [0.25, 0.3) is 10.8 Å². The molecule has 100 valence electrons. The zero-order valence-electron chi connectivity index (χ0n) is 10.7. The van der Waals surface area contributed by atoms with Gasteiger partial charge in [-0.15, -0.1) is 0 Å². The molecule has 0 radical (unpaired) electrons. The average molecular weight is 274 g/mol. The minimum Gasteiger partial charge on any atom is -0.481 e. The van der Waals surface area contributed by atoms with Gasteiger partial charge in [0.1, 0.15) is 0 Å². The summed E-state index contributed by atoms with van der Waals surface area (Å²) < 4.78 is 0. The fourth-order valence-corrected chi connectivity index (χ4v) is 2.57. The molecule has 2 rings (SSSR count). The molecular weight excluding hydrogens is 256 g/mol. The third-order valence-corrected chi connectivity index (χ3v) is 3.72. The van der Waals surface area contributed by atoms with Gasteiger partial charge in [-0.05, 0) is 41.4 Å². The first kappa shape index (κ1) is 13.9. The molecule has 1 unspecified atom stereocenters. The molecule has 0 heterocycles. The van der Waals surface area contributed by atoms with Gasteiger partial charge in [-0.1, -0.05) is 42.5 Å². The highest BCUT2D eigenvalue weighted by molar-refractivity contribution is 7.80. The van der Waals surface area contributed by atoms with E-state index in [-0.39, 0.29) is 5.92 Å². The lowest BCUT2D eigenvalue weighted by molar-refractivity contribution is -0.141. The van der Waals surface area contributed by atoms with Crippen molar-refractivity contribution in [3.05, 3.63) is 48.0 Å². The van der Waals surface area contributed by atoms with Crippen molar-refractivity contribution in [1.29, 1.82) is 0 Å². The molecule has 0 aliphatic heterocycles. The van der Waals surface area contributed by atoms with Crippen LogP contribution in [0, 0.1) is 5.92 Å². The van der Waals surface area contributed by atoms with Crippen LogP contribution in [-0.4, -0.2) is 16.8 Å². The SMILES string of the molecule is O=C(O)C(CCCS)Cc1cccc2ccccc12. The maximum Gasteiger partial charge on any atom is 0.306 e. The van der Waals surface area contributed by atoms with Crippen molar-refractivity contribution >= 4 is 29.4 Å². The Balaban J connectivity index is 2.26. The summed E-state index contributed by atoms with van der Waals surface area (Å²) in [6.07, 6.45) is 2.11. The van der Waals surface area contributed by atoms with Crippen LogP contribution in [0.3, 0.4) is 0 Å². The Morgan fingerprint density at radius 3 is 2.63 bits per heavy atom. The van der Waals surface area contributed by atoms with Crippen LogP contribution in [0.5, 0.6) is 0 Å². The van der Waals surface area contributed by atoms with Crippen molar-refractivity contribution in [3.63, 3.8) is 0 Å². The van der Waals surface area contributed by atoms with Gasteiger partial charge in [-0.25, -0.2) is 0 Å². The summed E-state index contributed by atoms with van der Waals surface area (Å²) in [5.74, 6) is -0.299. The molecule has 1 atom stereocenters. The number of hydrogen-bond donors (Lipinski definition) is 2. The smallest absolute Gasteiger partial charge is 0.306 e. The minimum absolute atomic E-state index is 0.321. The van der Waals surface area contributed by atoms with Gasteiger partial charge >= 0.3 is 5.97 Å². The van der Waals surface area contributed by atoms with Crippen LogP contribution in [0.2, 0.25) is 0 Å². The standard InChI is InChI=1S/C16H18O2S/c17-16(18)14(8-4-10-19)11-13-7-3-6-12-5-1-2-9-15(12)13/h1-3,5-7,9,14,19H,4,8,10-11H2,(H,17,18). The number of carboxylic acids is 1. The van der Waals surface area contributed by atoms with Crippen LogP contribution in [0.15, 0.2) is 42.5 Å². The quantitative estimate of drug-likeness (QED) is 0.786. The number of rotatable bonds is 6. The van der Waals surface area contributed by atoms with Gasteiger partial charge in [0, 0.05) is 0 Å². The largest absolute Gasteiger partial charge is 0.481 e. The fourth-order valence-electron chi connectivity index (χ4n) is 2.39.